The second-order valence-electron chi connectivity index (χ2n) is 5.94. The third-order valence-corrected chi connectivity index (χ3v) is 5.39. The molecule has 1 aliphatic heterocycles. The Morgan fingerprint density at radius 1 is 1.16 bits per heavy atom. The Hall–Kier alpha value is -1.76. The van der Waals surface area contributed by atoms with Crippen LogP contribution < -0.4 is 4.73 Å². The van der Waals surface area contributed by atoms with E-state index in [0.29, 0.717) is 23.9 Å². The number of pyridine rings is 1. The molecule has 3 rings (SSSR count). The number of benzene rings is 1. The predicted molar refractivity (Wildman–Crippen MR) is 99.4 cm³/mol. The number of aromatic nitrogens is 1. The molecular formula is C18H20ClN3O2S. The molecule has 1 saturated heterocycles. The lowest BCUT2D eigenvalue weighted by molar-refractivity contribution is -0.645. The fourth-order valence-electron chi connectivity index (χ4n) is 2.80. The van der Waals surface area contributed by atoms with Crippen molar-refractivity contribution in [3.8, 4) is 0 Å². The minimum Gasteiger partial charge on any atom is -0.618 e. The SMILES string of the molecule is O=C(CSc1cccc[n+]1[O-])N1CCN(Cc2cccc(Cl)c2)CC1. The highest BCUT2D eigenvalue weighted by molar-refractivity contribution is 7.99. The summed E-state index contributed by atoms with van der Waals surface area (Å²) in [6, 6.07) is 13.1. The molecule has 0 saturated carbocycles. The number of nitrogens with zero attached hydrogens (tertiary/aromatic N) is 3. The number of carbonyl (C=O) groups excluding carboxylic acids is 1. The summed E-state index contributed by atoms with van der Waals surface area (Å²) in [6.07, 6.45) is 1.45. The standard InChI is InChI=1S/C18H20ClN3O2S/c19-16-5-3-4-15(12-16)13-20-8-10-21(11-9-20)17(23)14-25-18-6-1-2-7-22(18)24/h1-7,12H,8-11,13-14H2. The van der Waals surface area contributed by atoms with Crippen molar-refractivity contribution in [1.29, 1.82) is 0 Å². The number of carbonyl (C=O) groups is 1. The third-order valence-electron chi connectivity index (χ3n) is 4.15. The number of rotatable bonds is 5. The van der Waals surface area contributed by atoms with Gasteiger partial charge in [-0.15, -0.1) is 0 Å². The fourth-order valence-corrected chi connectivity index (χ4v) is 3.83. The maximum absolute atomic E-state index is 12.4. The van der Waals surface area contributed by atoms with Gasteiger partial charge in [-0.25, -0.2) is 0 Å². The molecule has 7 heteroatoms. The molecule has 25 heavy (non-hydrogen) atoms. The molecule has 2 aromatic rings. The van der Waals surface area contributed by atoms with E-state index in [1.807, 2.05) is 23.1 Å². The van der Waals surface area contributed by atoms with Gasteiger partial charge in [0.2, 0.25) is 5.91 Å². The third kappa shape index (κ3) is 5.11. The fraction of sp³-hybridized carbons (Fsp3) is 0.333. The molecule has 1 aromatic carbocycles. The first-order chi connectivity index (χ1) is 12.1. The van der Waals surface area contributed by atoms with Crippen molar-refractivity contribution < 1.29 is 9.52 Å². The largest absolute Gasteiger partial charge is 0.618 e. The van der Waals surface area contributed by atoms with Crippen LogP contribution in [0.3, 0.4) is 0 Å². The molecule has 1 fully saturated rings. The molecule has 1 aliphatic rings. The van der Waals surface area contributed by atoms with Crippen LogP contribution in [0.2, 0.25) is 5.02 Å². The summed E-state index contributed by atoms with van der Waals surface area (Å²) < 4.78 is 0.793. The van der Waals surface area contributed by atoms with Crippen LogP contribution in [0.1, 0.15) is 5.56 Å². The molecule has 2 heterocycles. The van der Waals surface area contributed by atoms with Crippen molar-refractivity contribution in [2.45, 2.75) is 11.6 Å². The Balaban J connectivity index is 1.45. The highest BCUT2D eigenvalue weighted by Crippen LogP contribution is 2.16. The number of amides is 1. The van der Waals surface area contributed by atoms with Crippen molar-refractivity contribution in [2.75, 3.05) is 31.9 Å². The number of hydrogen-bond acceptors (Lipinski definition) is 4. The van der Waals surface area contributed by atoms with Gasteiger partial charge in [-0.2, -0.15) is 4.73 Å². The molecule has 0 N–H and O–H groups in total. The van der Waals surface area contributed by atoms with E-state index < -0.39 is 0 Å². The number of thioether (sulfide) groups is 1. The summed E-state index contributed by atoms with van der Waals surface area (Å²) >= 11 is 7.31. The van der Waals surface area contributed by atoms with Crippen molar-refractivity contribution in [2.24, 2.45) is 0 Å². The van der Waals surface area contributed by atoms with Gasteiger partial charge in [0.05, 0.1) is 5.75 Å². The van der Waals surface area contributed by atoms with Crippen LogP contribution in [-0.2, 0) is 11.3 Å². The zero-order valence-electron chi connectivity index (χ0n) is 13.8. The van der Waals surface area contributed by atoms with Gasteiger partial charge >= 0.3 is 0 Å². The minimum atomic E-state index is 0.0799. The first-order valence-electron chi connectivity index (χ1n) is 8.17. The molecule has 0 radical (unpaired) electrons. The average Bonchev–Trinajstić information content (AvgIpc) is 2.61. The zero-order chi connectivity index (χ0) is 17.6. The van der Waals surface area contributed by atoms with Gasteiger partial charge in [0.25, 0.3) is 5.03 Å². The van der Waals surface area contributed by atoms with E-state index in [1.54, 1.807) is 18.2 Å². The topological polar surface area (TPSA) is 50.5 Å². The summed E-state index contributed by atoms with van der Waals surface area (Å²) in [6.45, 7) is 3.96. The smallest absolute Gasteiger partial charge is 0.251 e. The van der Waals surface area contributed by atoms with E-state index in [0.717, 1.165) is 29.4 Å². The van der Waals surface area contributed by atoms with Gasteiger partial charge in [0, 0.05) is 49.9 Å². The van der Waals surface area contributed by atoms with Gasteiger partial charge in [0.15, 0.2) is 6.20 Å². The Bertz CT molecular complexity index is 736. The lowest BCUT2D eigenvalue weighted by Crippen LogP contribution is -2.48. The number of piperazine rings is 1. The monoisotopic (exact) mass is 377 g/mol. The van der Waals surface area contributed by atoms with Gasteiger partial charge in [-0.3, -0.25) is 9.69 Å². The van der Waals surface area contributed by atoms with E-state index in [1.165, 1.54) is 23.5 Å². The quantitative estimate of drug-likeness (QED) is 0.456. The first-order valence-corrected chi connectivity index (χ1v) is 9.54. The Kier molecular flexibility index (Phi) is 6.18. The van der Waals surface area contributed by atoms with Gasteiger partial charge < -0.3 is 10.1 Å². The maximum atomic E-state index is 12.4. The molecular weight excluding hydrogens is 358 g/mol. The second kappa shape index (κ2) is 8.56. The Morgan fingerprint density at radius 3 is 2.68 bits per heavy atom. The van der Waals surface area contributed by atoms with Crippen LogP contribution in [0.5, 0.6) is 0 Å². The van der Waals surface area contributed by atoms with Crippen LogP contribution >= 0.6 is 23.4 Å². The summed E-state index contributed by atoms with van der Waals surface area (Å²) in [5.41, 5.74) is 1.19. The normalized spacial score (nSPS) is 15.3. The van der Waals surface area contributed by atoms with E-state index in [-0.39, 0.29) is 5.91 Å². The van der Waals surface area contributed by atoms with E-state index >= 15 is 0 Å². The summed E-state index contributed by atoms with van der Waals surface area (Å²) in [4.78, 5) is 16.5. The number of halogens is 1. The van der Waals surface area contributed by atoms with Crippen LogP contribution in [0.25, 0.3) is 0 Å². The van der Waals surface area contributed by atoms with E-state index in [4.69, 9.17) is 11.6 Å². The lowest BCUT2D eigenvalue weighted by atomic mass is 10.2. The highest BCUT2D eigenvalue weighted by Gasteiger charge is 2.22. The van der Waals surface area contributed by atoms with Crippen LogP contribution in [0.15, 0.2) is 53.7 Å². The predicted octanol–water partition coefficient (Wildman–Crippen LogP) is 2.41. The second-order valence-corrected chi connectivity index (χ2v) is 7.37. The van der Waals surface area contributed by atoms with Crippen LogP contribution in [0, 0.1) is 5.21 Å². The minimum absolute atomic E-state index is 0.0799. The van der Waals surface area contributed by atoms with Gasteiger partial charge in [-0.05, 0) is 35.5 Å². The molecule has 1 aromatic heterocycles. The molecule has 0 unspecified atom stereocenters. The van der Waals surface area contributed by atoms with Crippen LogP contribution in [0.4, 0.5) is 0 Å². The summed E-state index contributed by atoms with van der Waals surface area (Å²) in [7, 11) is 0. The van der Waals surface area contributed by atoms with Crippen LogP contribution in [-0.4, -0.2) is 47.6 Å². The molecule has 0 spiro atoms. The number of hydrogen-bond donors (Lipinski definition) is 0. The van der Waals surface area contributed by atoms with E-state index in [2.05, 4.69) is 11.0 Å². The molecule has 132 valence electrons. The summed E-state index contributed by atoms with van der Waals surface area (Å²) in [5, 5.41) is 12.9. The van der Waals surface area contributed by atoms with Crippen molar-refractivity contribution in [3.63, 3.8) is 0 Å². The molecule has 0 atom stereocenters. The Morgan fingerprint density at radius 2 is 1.96 bits per heavy atom. The lowest BCUT2D eigenvalue weighted by Gasteiger charge is -2.34. The van der Waals surface area contributed by atoms with Crippen molar-refractivity contribution >= 4 is 29.3 Å². The van der Waals surface area contributed by atoms with Gasteiger partial charge in [0.1, 0.15) is 0 Å². The van der Waals surface area contributed by atoms with E-state index in [9.17, 15) is 10.0 Å². The molecule has 5 nitrogen and oxygen atoms in total. The van der Waals surface area contributed by atoms with Crippen molar-refractivity contribution in [1.82, 2.24) is 9.80 Å². The maximum Gasteiger partial charge on any atom is 0.251 e. The highest BCUT2D eigenvalue weighted by atomic mass is 35.5. The van der Waals surface area contributed by atoms with Crippen molar-refractivity contribution in [3.05, 3.63) is 64.5 Å². The summed E-state index contributed by atoms with van der Waals surface area (Å²) in [5.74, 6) is 0.372. The molecule has 0 aliphatic carbocycles. The first kappa shape index (κ1) is 18.0. The van der Waals surface area contributed by atoms with Gasteiger partial charge in [-0.1, -0.05) is 23.7 Å². The Labute approximate surface area is 156 Å². The molecule has 0 bridgehead atoms. The molecule has 1 amide bonds. The zero-order valence-corrected chi connectivity index (χ0v) is 15.4. The average molecular weight is 378 g/mol.